The van der Waals surface area contributed by atoms with Crippen LogP contribution in [0.3, 0.4) is 0 Å². The third-order valence-electron chi connectivity index (χ3n) is 3.74. The molecule has 2 rings (SSSR count). The first-order chi connectivity index (χ1) is 11.8. The van der Waals surface area contributed by atoms with Gasteiger partial charge in [0.25, 0.3) is 0 Å². The lowest BCUT2D eigenvalue weighted by molar-refractivity contribution is 0.470. The van der Waals surface area contributed by atoms with Crippen molar-refractivity contribution in [3.8, 4) is 5.69 Å². The van der Waals surface area contributed by atoms with Gasteiger partial charge < -0.3 is 10.2 Å². The predicted octanol–water partition coefficient (Wildman–Crippen LogP) is 3.24. The van der Waals surface area contributed by atoms with E-state index in [1.807, 2.05) is 35.2 Å². The fourth-order valence-electron chi connectivity index (χ4n) is 2.49. The lowest BCUT2D eigenvalue weighted by Crippen LogP contribution is -2.39. The quantitative estimate of drug-likeness (QED) is 0.351. The van der Waals surface area contributed by atoms with Crippen molar-refractivity contribution < 1.29 is 0 Å². The Morgan fingerprint density at radius 1 is 1.38 bits per heavy atom. The molecule has 0 spiro atoms. The predicted molar refractivity (Wildman–Crippen MR) is 100 cm³/mol. The number of unbranched alkanes of at least 4 members (excludes halogenated alkanes) is 1. The molecular formula is C19H27N5. The molecule has 0 aliphatic heterocycles. The number of hydrogen-bond donors (Lipinski definition) is 1. The maximum absolute atomic E-state index is 4.80. The minimum Gasteiger partial charge on any atom is -0.357 e. The standard InChI is InChI=1S/C19H27N5/c1-4-6-9-14-23(3)19(20-5-2)21-16-17-11-7-8-12-18(17)24-15-10-13-22-24/h4,7-8,10-13,15H,1,5-6,9,14,16H2,2-3H3,(H,20,21). The summed E-state index contributed by atoms with van der Waals surface area (Å²) < 4.78 is 1.88. The van der Waals surface area contributed by atoms with Crippen LogP contribution in [-0.2, 0) is 6.54 Å². The zero-order valence-corrected chi connectivity index (χ0v) is 14.7. The zero-order chi connectivity index (χ0) is 17.2. The van der Waals surface area contributed by atoms with E-state index in [1.165, 1.54) is 0 Å². The molecule has 0 radical (unpaired) electrons. The molecular weight excluding hydrogens is 298 g/mol. The average Bonchev–Trinajstić information content (AvgIpc) is 3.13. The summed E-state index contributed by atoms with van der Waals surface area (Å²) in [4.78, 5) is 6.97. The van der Waals surface area contributed by atoms with Gasteiger partial charge in [0, 0.05) is 32.5 Å². The Morgan fingerprint density at radius 2 is 2.21 bits per heavy atom. The van der Waals surface area contributed by atoms with Crippen LogP contribution in [0.5, 0.6) is 0 Å². The van der Waals surface area contributed by atoms with Crippen molar-refractivity contribution in [1.29, 1.82) is 0 Å². The normalized spacial score (nSPS) is 11.3. The van der Waals surface area contributed by atoms with Gasteiger partial charge in [-0.2, -0.15) is 5.10 Å². The van der Waals surface area contributed by atoms with E-state index in [9.17, 15) is 0 Å². The molecule has 0 amide bonds. The first-order valence-corrected chi connectivity index (χ1v) is 8.44. The first-order valence-electron chi connectivity index (χ1n) is 8.44. The zero-order valence-electron chi connectivity index (χ0n) is 14.7. The summed E-state index contributed by atoms with van der Waals surface area (Å²) in [5.41, 5.74) is 2.22. The Hall–Kier alpha value is -2.56. The van der Waals surface area contributed by atoms with Gasteiger partial charge in [-0.3, -0.25) is 0 Å². The van der Waals surface area contributed by atoms with E-state index < -0.39 is 0 Å². The molecule has 1 aromatic heterocycles. The van der Waals surface area contributed by atoms with E-state index in [-0.39, 0.29) is 0 Å². The highest BCUT2D eigenvalue weighted by Gasteiger charge is 2.07. The molecule has 1 heterocycles. The number of guanidine groups is 1. The second-order valence-electron chi connectivity index (χ2n) is 5.60. The molecule has 0 aliphatic carbocycles. The number of hydrogen-bond acceptors (Lipinski definition) is 2. The highest BCUT2D eigenvalue weighted by atomic mass is 15.3. The summed E-state index contributed by atoms with van der Waals surface area (Å²) in [5.74, 6) is 0.928. The number of para-hydroxylation sites is 1. The maximum Gasteiger partial charge on any atom is 0.193 e. The van der Waals surface area contributed by atoms with Gasteiger partial charge >= 0.3 is 0 Å². The summed E-state index contributed by atoms with van der Waals surface area (Å²) in [5, 5.41) is 7.69. The van der Waals surface area contributed by atoms with E-state index in [4.69, 9.17) is 4.99 Å². The molecule has 24 heavy (non-hydrogen) atoms. The van der Waals surface area contributed by atoms with Crippen molar-refractivity contribution in [2.75, 3.05) is 20.1 Å². The van der Waals surface area contributed by atoms with Crippen LogP contribution in [0.25, 0.3) is 5.69 Å². The SMILES string of the molecule is C=CCCCN(C)C(=NCc1ccccc1-n1cccn1)NCC. The van der Waals surface area contributed by atoms with Gasteiger partial charge in [-0.15, -0.1) is 6.58 Å². The Morgan fingerprint density at radius 3 is 2.92 bits per heavy atom. The van der Waals surface area contributed by atoms with Crippen molar-refractivity contribution in [1.82, 2.24) is 20.0 Å². The molecule has 0 saturated carbocycles. The van der Waals surface area contributed by atoms with E-state index in [0.29, 0.717) is 6.54 Å². The summed E-state index contributed by atoms with van der Waals surface area (Å²) in [6.45, 7) is 8.29. The van der Waals surface area contributed by atoms with Crippen LogP contribution in [0, 0.1) is 0 Å². The second kappa shape index (κ2) is 9.55. The fraction of sp³-hybridized carbons (Fsp3) is 0.368. The smallest absolute Gasteiger partial charge is 0.193 e. The van der Waals surface area contributed by atoms with Gasteiger partial charge in [0.2, 0.25) is 0 Å². The Kier molecular flexibility index (Phi) is 7.08. The first kappa shape index (κ1) is 17.8. The highest BCUT2D eigenvalue weighted by molar-refractivity contribution is 5.79. The van der Waals surface area contributed by atoms with Gasteiger partial charge in [0.15, 0.2) is 5.96 Å². The van der Waals surface area contributed by atoms with Gasteiger partial charge in [-0.05, 0) is 37.5 Å². The summed E-state index contributed by atoms with van der Waals surface area (Å²) in [6.07, 6.45) is 7.80. The highest BCUT2D eigenvalue weighted by Crippen LogP contribution is 2.14. The number of nitrogens with one attached hydrogen (secondary N) is 1. The molecule has 128 valence electrons. The van der Waals surface area contributed by atoms with E-state index in [0.717, 1.165) is 43.1 Å². The van der Waals surface area contributed by atoms with Crippen molar-refractivity contribution in [3.63, 3.8) is 0 Å². The minimum absolute atomic E-state index is 0.615. The topological polar surface area (TPSA) is 45.5 Å². The maximum atomic E-state index is 4.80. The number of benzene rings is 1. The van der Waals surface area contributed by atoms with Crippen LogP contribution >= 0.6 is 0 Å². The molecule has 5 heteroatoms. The molecule has 0 bridgehead atoms. The van der Waals surface area contributed by atoms with Crippen molar-refractivity contribution in [2.24, 2.45) is 4.99 Å². The largest absolute Gasteiger partial charge is 0.357 e. The third-order valence-corrected chi connectivity index (χ3v) is 3.74. The monoisotopic (exact) mass is 325 g/mol. The number of aliphatic imine (C=N–C) groups is 1. The average molecular weight is 325 g/mol. The number of allylic oxidation sites excluding steroid dienone is 1. The lowest BCUT2D eigenvalue weighted by Gasteiger charge is -2.22. The van der Waals surface area contributed by atoms with Gasteiger partial charge in [0.05, 0.1) is 12.2 Å². The number of aromatic nitrogens is 2. The lowest BCUT2D eigenvalue weighted by atomic mass is 10.2. The fourth-order valence-corrected chi connectivity index (χ4v) is 2.49. The molecule has 2 aromatic rings. The van der Waals surface area contributed by atoms with Gasteiger partial charge in [-0.1, -0.05) is 24.3 Å². The minimum atomic E-state index is 0.615. The molecule has 0 fully saturated rings. The summed E-state index contributed by atoms with van der Waals surface area (Å²) in [7, 11) is 2.07. The van der Waals surface area contributed by atoms with Gasteiger partial charge in [-0.25, -0.2) is 9.67 Å². The Labute approximate surface area is 144 Å². The molecule has 1 N–H and O–H groups in total. The van der Waals surface area contributed by atoms with Crippen LogP contribution < -0.4 is 5.32 Å². The molecule has 1 aromatic carbocycles. The Bertz CT molecular complexity index is 646. The number of nitrogens with zero attached hydrogens (tertiary/aromatic N) is 4. The van der Waals surface area contributed by atoms with Crippen LogP contribution in [-0.4, -0.2) is 40.8 Å². The molecule has 5 nitrogen and oxygen atoms in total. The van der Waals surface area contributed by atoms with Crippen LogP contribution in [0.2, 0.25) is 0 Å². The Balaban J connectivity index is 2.12. The molecule has 0 saturated heterocycles. The van der Waals surface area contributed by atoms with Gasteiger partial charge in [0.1, 0.15) is 0 Å². The van der Waals surface area contributed by atoms with Crippen LogP contribution in [0.4, 0.5) is 0 Å². The van der Waals surface area contributed by atoms with Crippen LogP contribution in [0.1, 0.15) is 25.3 Å². The van der Waals surface area contributed by atoms with E-state index in [2.05, 4.69) is 48.0 Å². The van der Waals surface area contributed by atoms with Crippen LogP contribution in [0.15, 0.2) is 60.4 Å². The molecule has 0 aliphatic rings. The van der Waals surface area contributed by atoms with Crippen molar-refractivity contribution in [2.45, 2.75) is 26.3 Å². The third kappa shape index (κ3) is 4.98. The summed E-state index contributed by atoms with van der Waals surface area (Å²) >= 11 is 0. The second-order valence-corrected chi connectivity index (χ2v) is 5.60. The van der Waals surface area contributed by atoms with Crippen molar-refractivity contribution in [3.05, 3.63) is 60.9 Å². The van der Waals surface area contributed by atoms with E-state index in [1.54, 1.807) is 6.20 Å². The van der Waals surface area contributed by atoms with E-state index >= 15 is 0 Å². The summed E-state index contributed by atoms with van der Waals surface area (Å²) in [6, 6.07) is 10.2. The number of rotatable bonds is 8. The molecule has 0 unspecified atom stereocenters. The van der Waals surface area contributed by atoms with Crippen molar-refractivity contribution >= 4 is 5.96 Å². The molecule has 0 atom stereocenters.